The molecule has 3 aromatic rings. The van der Waals surface area contributed by atoms with E-state index in [0.717, 1.165) is 67.6 Å². The number of aromatic nitrogens is 3. The Morgan fingerprint density at radius 1 is 0.973 bits per heavy atom. The van der Waals surface area contributed by atoms with Crippen LogP contribution in [0.1, 0.15) is 38.4 Å². The first-order valence-corrected chi connectivity index (χ1v) is 14.7. The van der Waals surface area contributed by atoms with Crippen molar-refractivity contribution in [1.82, 2.24) is 19.7 Å². The van der Waals surface area contributed by atoms with Gasteiger partial charge < -0.3 is 15.1 Å². The number of benzene rings is 2. The molecular formula is C27H37N5O4S. The molecule has 1 fully saturated rings. The van der Waals surface area contributed by atoms with E-state index in [4.69, 9.17) is 15.2 Å². The number of anilines is 1. The minimum atomic E-state index is -3.28. The highest BCUT2D eigenvalue weighted by molar-refractivity contribution is 7.90. The van der Waals surface area contributed by atoms with Crippen molar-refractivity contribution < 1.29 is 18.6 Å². The monoisotopic (exact) mass is 527 g/mol. The van der Waals surface area contributed by atoms with Crippen LogP contribution in [0.15, 0.2) is 53.4 Å². The number of rotatable bonds is 10. The summed E-state index contributed by atoms with van der Waals surface area (Å²) in [7, 11) is -3.28. The Morgan fingerprint density at radius 2 is 1.59 bits per heavy atom. The second kappa shape index (κ2) is 11.7. The molecule has 2 aromatic carbocycles. The Morgan fingerprint density at radius 3 is 2.16 bits per heavy atom. The van der Waals surface area contributed by atoms with Crippen LogP contribution in [0.4, 0.5) is 5.69 Å². The molecule has 0 amide bonds. The molecule has 0 bridgehead atoms. The fourth-order valence-corrected chi connectivity index (χ4v) is 5.30. The second-order valence-corrected chi connectivity index (χ2v) is 11.8. The Bertz CT molecular complexity index is 1270. The molecule has 0 radical (unpaired) electrons. The fraction of sp³-hybridized carbons (Fsp3) is 0.481. The molecule has 1 unspecified atom stereocenters. The summed E-state index contributed by atoms with van der Waals surface area (Å²) < 4.78 is 25.6. The molecule has 4 rings (SSSR count). The quantitative estimate of drug-likeness (QED) is 0.414. The predicted molar refractivity (Wildman–Crippen MR) is 145 cm³/mol. The minimum absolute atomic E-state index is 0.209. The Hall–Kier alpha value is -2.79. The van der Waals surface area contributed by atoms with Gasteiger partial charge in [-0.15, -0.1) is 0 Å². The largest absolute Gasteiger partial charge is 0.394 e. The van der Waals surface area contributed by atoms with Gasteiger partial charge in [-0.3, -0.25) is 4.90 Å². The highest BCUT2D eigenvalue weighted by Crippen LogP contribution is 2.28. The van der Waals surface area contributed by atoms with E-state index in [9.17, 15) is 13.5 Å². The lowest BCUT2D eigenvalue weighted by Crippen LogP contribution is -2.49. The molecule has 2 N–H and O–H groups in total. The Balaban J connectivity index is 1.58. The molecule has 1 aliphatic rings. The summed E-state index contributed by atoms with van der Waals surface area (Å²) in [5, 5.41) is 23.6. The smallest absolute Gasteiger partial charge is 0.175 e. The van der Waals surface area contributed by atoms with Crippen molar-refractivity contribution in [3.63, 3.8) is 0 Å². The summed E-state index contributed by atoms with van der Waals surface area (Å²) in [6.07, 6.45) is 2.52. The number of hydrogen-bond acceptors (Lipinski definition) is 8. The van der Waals surface area contributed by atoms with Crippen LogP contribution in [0.25, 0.3) is 17.1 Å². The van der Waals surface area contributed by atoms with E-state index in [2.05, 4.69) is 47.9 Å². The van der Waals surface area contributed by atoms with Gasteiger partial charge in [0.25, 0.3) is 0 Å². The third kappa shape index (κ3) is 6.56. The zero-order valence-electron chi connectivity index (χ0n) is 21.8. The number of hydrogen-bond donors (Lipinski definition) is 2. The summed E-state index contributed by atoms with van der Waals surface area (Å²) in [6, 6.07) is 15.0. The van der Waals surface area contributed by atoms with Gasteiger partial charge >= 0.3 is 0 Å². The van der Waals surface area contributed by atoms with Gasteiger partial charge in [-0.05, 0) is 55.0 Å². The molecule has 37 heavy (non-hydrogen) atoms. The van der Waals surface area contributed by atoms with Crippen molar-refractivity contribution in [2.45, 2.75) is 43.6 Å². The number of aliphatic hydroxyl groups is 2. The maximum absolute atomic E-state index is 11.9. The van der Waals surface area contributed by atoms with E-state index >= 15 is 0 Å². The van der Waals surface area contributed by atoms with Crippen LogP contribution in [-0.2, 0) is 9.84 Å². The minimum Gasteiger partial charge on any atom is -0.394 e. The fourth-order valence-electron chi connectivity index (χ4n) is 4.67. The first-order chi connectivity index (χ1) is 17.7. The van der Waals surface area contributed by atoms with Crippen LogP contribution >= 0.6 is 0 Å². The van der Waals surface area contributed by atoms with Gasteiger partial charge in [0.05, 0.1) is 23.3 Å². The molecule has 1 aromatic heterocycles. The van der Waals surface area contributed by atoms with E-state index in [1.54, 1.807) is 28.9 Å². The molecule has 200 valence electrons. The lowest BCUT2D eigenvalue weighted by Gasteiger charge is -2.36. The highest BCUT2D eigenvalue weighted by atomic mass is 32.2. The van der Waals surface area contributed by atoms with Crippen molar-refractivity contribution in [2.75, 3.05) is 50.5 Å². The van der Waals surface area contributed by atoms with Crippen molar-refractivity contribution in [3.05, 3.63) is 54.4 Å². The first-order valence-electron chi connectivity index (χ1n) is 12.8. The molecule has 2 heterocycles. The van der Waals surface area contributed by atoms with Crippen LogP contribution in [0, 0.1) is 0 Å². The molecule has 9 nitrogen and oxygen atoms in total. The Kier molecular flexibility index (Phi) is 8.63. The summed E-state index contributed by atoms with van der Waals surface area (Å²) in [5.41, 5.74) is 2.81. The van der Waals surface area contributed by atoms with Crippen molar-refractivity contribution in [1.29, 1.82) is 0 Å². The lowest BCUT2D eigenvalue weighted by molar-refractivity contribution is 0.0575. The molecule has 2 atom stereocenters. The molecule has 0 saturated carbocycles. The zero-order valence-corrected chi connectivity index (χ0v) is 22.6. The lowest BCUT2D eigenvalue weighted by atomic mass is 10.1. The number of aliphatic hydroxyl groups excluding tert-OH is 2. The van der Waals surface area contributed by atoms with E-state index in [1.807, 2.05) is 0 Å². The maximum Gasteiger partial charge on any atom is 0.175 e. The molecule has 1 aliphatic heterocycles. The number of β-amino-alcohol motifs (C(OH)–C–C–N with tert-alkyl or cyclic N) is 1. The second-order valence-electron chi connectivity index (χ2n) is 9.83. The molecule has 0 aliphatic carbocycles. The van der Waals surface area contributed by atoms with E-state index in [0.29, 0.717) is 6.54 Å². The number of piperazine rings is 1. The van der Waals surface area contributed by atoms with E-state index in [-0.39, 0.29) is 17.4 Å². The standard InChI is InChI=1S/C27H37N5O4S/c1-4-5-20(2)26-28-27(32(29-26)23-10-12-25(13-11-23)37(3,35)36)21-6-8-22(9-7-21)31-16-14-30(15-17-31)18-24(34)19-33/h6-13,20,24,33-34H,4-5,14-19H2,1-3H3/t20?,24-/m0/s1. The molecule has 0 spiro atoms. The number of sulfone groups is 1. The third-order valence-electron chi connectivity index (χ3n) is 6.84. The van der Waals surface area contributed by atoms with Gasteiger partial charge in [-0.2, -0.15) is 5.10 Å². The molecule has 10 heteroatoms. The third-order valence-corrected chi connectivity index (χ3v) is 7.97. The van der Waals surface area contributed by atoms with Gasteiger partial charge in [0.1, 0.15) is 0 Å². The van der Waals surface area contributed by atoms with Gasteiger partial charge in [-0.1, -0.05) is 20.3 Å². The van der Waals surface area contributed by atoms with Crippen LogP contribution in [0.3, 0.4) is 0 Å². The van der Waals surface area contributed by atoms with E-state index < -0.39 is 15.9 Å². The van der Waals surface area contributed by atoms with E-state index in [1.165, 1.54) is 6.26 Å². The van der Waals surface area contributed by atoms with Gasteiger partial charge in [0, 0.05) is 56.1 Å². The average molecular weight is 528 g/mol. The van der Waals surface area contributed by atoms with Crippen molar-refractivity contribution in [3.8, 4) is 17.1 Å². The number of nitrogens with zero attached hydrogens (tertiary/aromatic N) is 5. The predicted octanol–water partition coefficient (Wildman–Crippen LogP) is 2.72. The molecular weight excluding hydrogens is 490 g/mol. The summed E-state index contributed by atoms with van der Waals surface area (Å²) in [4.78, 5) is 9.66. The molecule has 1 saturated heterocycles. The average Bonchev–Trinajstić information content (AvgIpc) is 3.35. The van der Waals surface area contributed by atoms with Crippen LogP contribution < -0.4 is 4.90 Å². The van der Waals surface area contributed by atoms with Crippen LogP contribution in [-0.4, -0.2) is 90.0 Å². The van der Waals surface area contributed by atoms with Gasteiger partial charge in [-0.25, -0.2) is 18.1 Å². The first kappa shape index (κ1) is 27.3. The zero-order chi connectivity index (χ0) is 26.6. The summed E-state index contributed by atoms with van der Waals surface area (Å²) >= 11 is 0. The Labute approximate surface area is 219 Å². The van der Waals surface area contributed by atoms with Crippen LogP contribution in [0.5, 0.6) is 0 Å². The summed E-state index contributed by atoms with van der Waals surface area (Å²) in [6.45, 7) is 7.90. The van der Waals surface area contributed by atoms with Gasteiger partial charge in [0.15, 0.2) is 21.5 Å². The topological polar surface area (TPSA) is 112 Å². The summed E-state index contributed by atoms with van der Waals surface area (Å²) in [5.74, 6) is 1.70. The van der Waals surface area contributed by atoms with Crippen LogP contribution in [0.2, 0.25) is 0 Å². The van der Waals surface area contributed by atoms with Crippen molar-refractivity contribution in [2.24, 2.45) is 0 Å². The normalized spacial score (nSPS) is 16.6. The highest BCUT2D eigenvalue weighted by Gasteiger charge is 2.21. The van der Waals surface area contributed by atoms with Gasteiger partial charge in [0.2, 0.25) is 0 Å². The van der Waals surface area contributed by atoms with Crippen molar-refractivity contribution >= 4 is 15.5 Å². The SMILES string of the molecule is CCCC(C)c1nc(-c2ccc(N3CCN(C[C@H](O)CO)CC3)cc2)n(-c2ccc(S(C)(=O)=O)cc2)n1. The maximum atomic E-state index is 11.9.